The Bertz CT molecular complexity index is 749. The van der Waals surface area contributed by atoms with E-state index in [-0.39, 0.29) is 17.0 Å². The summed E-state index contributed by atoms with van der Waals surface area (Å²) in [7, 11) is -3.31. The first-order valence-corrected chi connectivity index (χ1v) is 9.89. The van der Waals surface area contributed by atoms with Gasteiger partial charge in [0.2, 0.25) is 0 Å². The third kappa shape index (κ3) is 3.40. The summed E-state index contributed by atoms with van der Waals surface area (Å²) in [6.45, 7) is 1.26. The van der Waals surface area contributed by atoms with Crippen LogP contribution in [0.15, 0.2) is 23.1 Å². The largest absolute Gasteiger partial charge is 0.465 e. The van der Waals surface area contributed by atoms with Crippen molar-refractivity contribution in [2.75, 3.05) is 19.3 Å². The Morgan fingerprint density at radius 3 is 2.79 bits per heavy atom. The normalized spacial score (nSPS) is 27.7. The smallest absolute Gasteiger partial charge is 0.404 e. The van der Waals surface area contributed by atoms with Crippen LogP contribution >= 0.6 is 0 Å². The Hall–Kier alpha value is -1.64. The molecule has 24 heavy (non-hydrogen) atoms. The zero-order valence-corrected chi connectivity index (χ0v) is 14.3. The van der Waals surface area contributed by atoms with Crippen LogP contribution in [0.25, 0.3) is 0 Å². The van der Waals surface area contributed by atoms with Crippen LogP contribution in [-0.4, -0.2) is 61.1 Å². The van der Waals surface area contributed by atoms with Crippen molar-refractivity contribution >= 4 is 15.9 Å². The van der Waals surface area contributed by atoms with Gasteiger partial charge in [0.05, 0.1) is 17.0 Å². The van der Waals surface area contributed by atoms with E-state index in [0.717, 1.165) is 30.5 Å². The second-order valence-electron chi connectivity index (χ2n) is 6.63. The Labute approximate surface area is 141 Å². The molecular weight excluding hydrogens is 332 g/mol. The zero-order valence-electron chi connectivity index (χ0n) is 13.5. The summed E-state index contributed by atoms with van der Waals surface area (Å²) in [4.78, 5) is 13.2. The number of carboxylic acid groups (broad SMARTS) is 1. The van der Waals surface area contributed by atoms with Crippen LogP contribution in [0.5, 0.6) is 0 Å². The SMILES string of the molecule is CS(=O)(=O)c1ccc2c(c1)[C@H](N1CCC[C@@H](NC(=O)O)C1)[C@@H](O)C2. The average molecular weight is 354 g/mol. The zero-order chi connectivity index (χ0) is 17.5. The van der Waals surface area contributed by atoms with Crippen molar-refractivity contribution in [3.63, 3.8) is 0 Å². The molecule has 2 aliphatic rings. The van der Waals surface area contributed by atoms with Crippen molar-refractivity contribution in [1.29, 1.82) is 0 Å². The number of fused-ring (bicyclic) bond motifs is 1. The minimum Gasteiger partial charge on any atom is -0.465 e. The van der Waals surface area contributed by atoms with Gasteiger partial charge in [-0.15, -0.1) is 0 Å². The van der Waals surface area contributed by atoms with Crippen molar-refractivity contribution in [2.45, 2.75) is 42.3 Å². The van der Waals surface area contributed by atoms with Gasteiger partial charge in [-0.25, -0.2) is 13.2 Å². The molecule has 3 atom stereocenters. The molecule has 0 unspecified atom stereocenters. The molecule has 1 saturated heterocycles. The molecule has 1 heterocycles. The number of hydrogen-bond donors (Lipinski definition) is 3. The lowest BCUT2D eigenvalue weighted by atomic mass is 9.99. The van der Waals surface area contributed by atoms with Crippen LogP contribution < -0.4 is 5.32 Å². The van der Waals surface area contributed by atoms with E-state index in [2.05, 4.69) is 10.2 Å². The Morgan fingerprint density at radius 2 is 2.12 bits per heavy atom. The molecule has 0 aromatic heterocycles. The van der Waals surface area contributed by atoms with Crippen LogP contribution in [0, 0.1) is 0 Å². The third-order valence-electron chi connectivity index (χ3n) is 4.83. The molecule has 0 saturated carbocycles. The summed E-state index contributed by atoms with van der Waals surface area (Å²) in [6, 6.07) is 4.53. The van der Waals surface area contributed by atoms with Crippen LogP contribution in [0.2, 0.25) is 0 Å². The van der Waals surface area contributed by atoms with Crippen molar-refractivity contribution in [2.24, 2.45) is 0 Å². The maximum atomic E-state index is 11.8. The summed E-state index contributed by atoms with van der Waals surface area (Å²) in [6.07, 6.45) is 1.59. The molecule has 1 fully saturated rings. The molecule has 132 valence electrons. The molecule has 1 aromatic carbocycles. The number of benzene rings is 1. The van der Waals surface area contributed by atoms with Gasteiger partial charge in [0.25, 0.3) is 0 Å². The van der Waals surface area contributed by atoms with Gasteiger partial charge in [-0.05, 0) is 42.6 Å². The highest BCUT2D eigenvalue weighted by Gasteiger charge is 2.38. The van der Waals surface area contributed by atoms with E-state index in [0.29, 0.717) is 13.0 Å². The molecule has 1 amide bonds. The first-order valence-electron chi connectivity index (χ1n) is 8.00. The number of hydrogen-bond acceptors (Lipinski definition) is 5. The highest BCUT2D eigenvalue weighted by Crippen LogP contribution is 2.38. The molecular formula is C16H22N2O5S. The van der Waals surface area contributed by atoms with E-state index in [9.17, 15) is 18.3 Å². The monoisotopic (exact) mass is 354 g/mol. The Kier molecular flexibility index (Phi) is 4.54. The molecule has 7 nitrogen and oxygen atoms in total. The Balaban J connectivity index is 1.88. The van der Waals surface area contributed by atoms with Gasteiger partial charge in [-0.3, -0.25) is 4.90 Å². The number of carbonyl (C=O) groups is 1. The summed E-state index contributed by atoms with van der Waals surface area (Å²) < 4.78 is 23.6. The first kappa shape index (κ1) is 17.2. The maximum absolute atomic E-state index is 11.8. The summed E-state index contributed by atoms with van der Waals surface area (Å²) in [5.41, 5.74) is 1.79. The number of nitrogens with one attached hydrogen (secondary N) is 1. The van der Waals surface area contributed by atoms with Gasteiger partial charge in [0, 0.05) is 25.3 Å². The van der Waals surface area contributed by atoms with Gasteiger partial charge < -0.3 is 15.5 Å². The highest BCUT2D eigenvalue weighted by atomic mass is 32.2. The van der Waals surface area contributed by atoms with E-state index in [1.807, 2.05) is 0 Å². The van der Waals surface area contributed by atoms with Gasteiger partial charge in [0.15, 0.2) is 9.84 Å². The molecule has 0 radical (unpaired) electrons. The number of sulfone groups is 1. The van der Waals surface area contributed by atoms with Gasteiger partial charge >= 0.3 is 6.09 Å². The van der Waals surface area contributed by atoms with E-state index < -0.39 is 22.0 Å². The quantitative estimate of drug-likeness (QED) is 0.740. The molecule has 8 heteroatoms. The van der Waals surface area contributed by atoms with Crippen LogP contribution in [0.3, 0.4) is 0 Å². The molecule has 3 rings (SSSR count). The number of aliphatic hydroxyl groups is 1. The standard InChI is InChI=1S/C16H22N2O5S/c1-24(22,23)12-5-4-10-7-14(19)15(13(10)8-12)18-6-2-3-11(9-18)17-16(20)21/h4-5,8,11,14-15,17,19H,2-3,6-7,9H2,1H3,(H,20,21)/t11-,14+,15+/m1/s1. The maximum Gasteiger partial charge on any atom is 0.404 e. The number of aliphatic hydroxyl groups excluding tert-OH is 1. The second-order valence-corrected chi connectivity index (χ2v) is 8.65. The average Bonchev–Trinajstić information content (AvgIpc) is 2.80. The molecule has 0 bridgehead atoms. The van der Waals surface area contributed by atoms with Crippen molar-refractivity contribution in [3.05, 3.63) is 29.3 Å². The first-order chi connectivity index (χ1) is 11.3. The van der Waals surface area contributed by atoms with Crippen LogP contribution in [-0.2, 0) is 16.3 Å². The van der Waals surface area contributed by atoms with Crippen molar-refractivity contribution in [3.8, 4) is 0 Å². The molecule has 1 aliphatic heterocycles. The number of likely N-dealkylation sites (tertiary alicyclic amines) is 1. The summed E-state index contributed by atoms with van der Waals surface area (Å²) in [5.74, 6) is 0. The number of rotatable bonds is 3. The van der Waals surface area contributed by atoms with Crippen molar-refractivity contribution in [1.82, 2.24) is 10.2 Å². The molecule has 1 aliphatic carbocycles. The fourth-order valence-electron chi connectivity index (χ4n) is 3.80. The van der Waals surface area contributed by atoms with Crippen LogP contribution in [0.4, 0.5) is 4.79 Å². The lowest BCUT2D eigenvalue weighted by Crippen LogP contribution is -2.49. The fourth-order valence-corrected chi connectivity index (χ4v) is 4.46. The lowest BCUT2D eigenvalue weighted by molar-refractivity contribution is 0.0410. The number of piperidine rings is 1. The third-order valence-corrected chi connectivity index (χ3v) is 5.94. The predicted octanol–water partition coefficient (Wildman–Crippen LogP) is 0.780. The van der Waals surface area contributed by atoms with E-state index in [1.165, 1.54) is 6.26 Å². The van der Waals surface area contributed by atoms with E-state index in [4.69, 9.17) is 5.11 Å². The summed E-state index contributed by atoms with van der Waals surface area (Å²) >= 11 is 0. The summed E-state index contributed by atoms with van der Waals surface area (Å²) in [5, 5.41) is 21.9. The van der Waals surface area contributed by atoms with E-state index in [1.54, 1.807) is 18.2 Å². The number of amides is 1. The van der Waals surface area contributed by atoms with Crippen LogP contribution in [0.1, 0.15) is 30.0 Å². The lowest BCUT2D eigenvalue weighted by Gasteiger charge is -2.38. The molecule has 3 N–H and O–H groups in total. The minimum absolute atomic E-state index is 0.175. The molecule has 1 aromatic rings. The highest BCUT2D eigenvalue weighted by molar-refractivity contribution is 7.90. The molecule has 0 spiro atoms. The fraction of sp³-hybridized carbons (Fsp3) is 0.562. The van der Waals surface area contributed by atoms with Gasteiger partial charge in [-0.2, -0.15) is 0 Å². The number of nitrogens with zero attached hydrogens (tertiary/aromatic N) is 1. The van der Waals surface area contributed by atoms with Crippen molar-refractivity contribution < 1.29 is 23.4 Å². The minimum atomic E-state index is -3.31. The predicted molar refractivity (Wildman–Crippen MR) is 87.8 cm³/mol. The topological polar surface area (TPSA) is 107 Å². The van der Waals surface area contributed by atoms with E-state index >= 15 is 0 Å². The Morgan fingerprint density at radius 1 is 1.38 bits per heavy atom. The second kappa shape index (κ2) is 6.34. The van der Waals surface area contributed by atoms with Gasteiger partial charge in [0.1, 0.15) is 0 Å². The van der Waals surface area contributed by atoms with Gasteiger partial charge in [-0.1, -0.05) is 6.07 Å².